The van der Waals surface area contributed by atoms with Crippen molar-refractivity contribution in [2.24, 2.45) is 0 Å². The molecule has 0 saturated heterocycles. The van der Waals surface area contributed by atoms with E-state index in [1.807, 2.05) is 31.2 Å². The SMILES string of the molecule is COc1ccc(Cl)cc1NC(=O)CSCC(=O)Nc1ccc(C)cc1. The van der Waals surface area contributed by atoms with Crippen molar-refractivity contribution < 1.29 is 14.3 Å². The Morgan fingerprint density at radius 2 is 1.68 bits per heavy atom. The van der Waals surface area contributed by atoms with Crippen LogP contribution in [0.1, 0.15) is 5.56 Å². The Balaban J connectivity index is 1.77. The van der Waals surface area contributed by atoms with E-state index >= 15 is 0 Å². The van der Waals surface area contributed by atoms with Crippen LogP contribution in [0.2, 0.25) is 5.02 Å². The summed E-state index contributed by atoms with van der Waals surface area (Å²) in [5, 5.41) is 6.02. The number of thioether (sulfide) groups is 1. The molecule has 0 aromatic heterocycles. The first-order valence-corrected chi connectivity index (χ1v) is 9.09. The van der Waals surface area contributed by atoms with Gasteiger partial charge >= 0.3 is 0 Å². The van der Waals surface area contributed by atoms with Crippen molar-refractivity contribution in [2.75, 3.05) is 29.2 Å². The fraction of sp³-hybridized carbons (Fsp3) is 0.222. The van der Waals surface area contributed by atoms with E-state index in [2.05, 4.69) is 10.6 Å². The van der Waals surface area contributed by atoms with Gasteiger partial charge in [-0.1, -0.05) is 29.3 Å². The molecule has 0 bridgehead atoms. The molecule has 2 N–H and O–H groups in total. The van der Waals surface area contributed by atoms with Crippen LogP contribution in [0.4, 0.5) is 11.4 Å². The molecule has 2 aromatic rings. The molecule has 0 unspecified atom stereocenters. The zero-order valence-electron chi connectivity index (χ0n) is 14.0. The number of carbonyl (C=O) groups excluding carboxylic acids is 2. The highest BCUT2D eigenvalue weighted by Crippen LogP contribution is 2.27. The third kappa shape index (κ3) is 6.32. The van der Waals surface area contributed by atoms with Gasteiger partial charge in [0.2, 0.25) is 11.8 Å². The number of hydrogen-bond donors (Lipinski definition) is 2. The van der Waals surface area contributed by atoms with Crippen LogP contribution < -0.4 is 15.4 Å². The molecule has 0 heterocycles. The van der Waals surface area contributed by atoms with Crippen LogP contribution >= 0.6 is 23.4 Å². The van der Waals surface area contributed by atoms with Crippen molar-refractivity contribution in [1.82, 2.24) is 0 Å². The predicted octanol–water partition coefficient (Wildman–Crippen LogP) is 3.97. The lowest BCUT2D eigenvalue weighted by Gasteiger charge is -2.10. The second-order valence-electron chi connectivity index (χ2n) is 5.30. The lowest BCUT2D eigenvalue weighted by atomic mass is 10.2. The van der Waals surface area contributed by atoms with Gasteiger partial charge in [0.15, 0.2) is 0 Å². The fourth-order valence-corrected chi connectivity index (χ4v) is 2.82. The highest BCUT2D eigenvalue weighted by molar-refractivity contribution is 8.00. The standard InChI is InChI=1S/C18H19ClN2O3S/c1-12-3-6-14(7-4-12)20-17(22)10-25-11-18(23)21-15-9-13(19)5-8-16(15)24-2/h3-9H,10-11H2,1-2H3,(H,20,22)(H,21,23). The number of nitrogens with one attached hydrogen (secondary N) is 2. The second kappa shape index (κ2) is 9.34. The Hall–Kier alpha value is -2.18. The zero-order chi connectivity index (χ0) is 18.2. The van der Waals surface area contributed by atoms with Crippen LogP contribution in [0.15, 0.2) is 42.5 Å². The number of anilines is 2. The largest absolute Gasteiger partial charge is 0.495 e. The summed E-state index contributed by atoms with van der Waals surface area (Å²) in [4.78, 5) is 23.9. The molecule has 5 nitrogen and oxygen atoms in total. The van der Waals surface area contributed by atoms with E-state index in [1.54, 1.807) is 18.2 Å². The lowest BCUT2D eigenvalue weighted by molar-refractivity contribution is -0.114. The Labute approximate surface area is 156 Å². The molecule has 2 rings (SSSR count). The van der Waals surface area contributed by atoms with Gasteiger partial charge in [-0.2, -0.15) is 0 Å². The number of benzene rings is 2. The molecule has 0 aliphatic heterocycles. The molecule has 0 atom stereocenters. The van der Waals surface area contributed by atoms with Crippen molar-refractivity contribution in [3.8, 4) is 5.75 Å². The van der Waals surface area contributed by atoms with Gasteiger partial charge in [0.05, 0.1) is 24.3 Å². The quantitative estimate of drug-likeness (QED) is 0.765. The third-order valence-electron chi connectivity index (χ3n) is 3.24. The van der Waals surface area contributed by atoms with E-state index in [9.17, 15) is 9.59 Å². The van der Waals surface area contributed by atoms with Gasteiger partial charge in [-0.05, 0) is 37.3 Å². The molecule has 7 heteroatoms. The third-order valence-corrected chi connectivity index (χ3v) is 4.40. The first kappa shape index (κ1) is 19.1. The first-order valence-electron chi connectivity index (χ1n) is 7.55. The number of aryl methyl sites for hydroxylation is 1. The van der Waals surface area contributed by atoms with Crippen molar-refractivity contribution in [3.63, 3.8) is 0 Å². The zero-order valence-corrected chi connectivity index (χ0v) is 15.5. The van der Waals surface area contributed by atoms with Crippen LogP contribution in [0.25, 0.3) is 0 Å². The number of hydrogen-bond acceptors (Lipinski definition) is 4. The number of ether oxygens (including phenoxy) is 1. The van der Waals surface area contributed by atoms with E-state index in [-0.39, 0.29) is 23.3 Å². The highest BCUT2D eigenvalue weighted by atomic mass is 35.5. The second-order valence-corrected chi connectivity index (χ2v) is 6.72. The monoisotopic (exact) mass is 378 g/mol. The molecular weight excluding hydrogens is 360 g/mol. The number of carbonyl (C=O) groups is 2. The minimum absolute atomic E-state index is 0.150. The van der Waals surface area contributed by atoms with E-state index in [4.69, 9.17) is 16.3 Å². The Morgan fingerprint density at radius 3 is 2.32 bits per heavy atom. The average Bonchev–Trinajstić information content (AvgIpc) is 2.57. The van der Waals surface area contributed by atoms with Crippen LogP contribution in [-0.2, 0) is 9.59 Å². The van der Waals surface area contributed by atoms with Crippen LogP contribution in [-0.4, -0.2) is 30.4 Å². The Morgan fingerprint density at radius 1 is 1.04 bits per heavy atom. The molecule has 0 saturated carbocycles. The molecule has 2 amide bonds. The number of rotatable bonds is 7. The molecule has 25 heavy (non-hydrogen) atoms. The first-order chi connectivity index (χ1) is 12.0. The van der Waals surface area contributed by atoms with Gasteiger partial charge in [0.25, 0.3) is 0 Å². The van der Waals surface area contributed by atoms with E-state index in [0.29, 0.717) is 16.5 Å². The molecule has 0 spiro atoms. The molecule has 132 valence electrons. The molecule has 0 fully saturated rings. The normalized spacial score (nSPS) is 10.2. The number of methoxy groups -OCH3 is 1. The summed E-state index contributed by atoms with van der Waals surface area (Å²) < 4.78 is 5.17. The molecule has 0 aliphatic rings. The minimum atomic E-state index is -0.228. The van der Waals surface area contributed by atoms with E-state index < -0.39 is 0 Å². The number of amides is 2. The van der Waals surface area contributed by atoms with Crippen molar-refractivity contribution >= 4 is 46.6 Å². The van der Waals surface area contributed by atoms with Gasteiger partial charge in [-0.15, -0.1) is 11.8 Å². The summed E-state index contributed by atoms with van der Waals surface area (Å²) >= 11 is 7.16. The summed E-state index contributed by atoms with van der Waals surface area (Å²) in [5.41, 5.74) is 2.37. The Kier molecular flexibility index (Phi) is 7.16. The fourth-order valence-electron chi connectivity index (χ4n) is 2.03. The summed E-state index contributed by atoms with van der Waals surface area (Å²) in [6.45, 7) is 1.98. The maximum absolute atomic E-state index is 12.0. The predicted molar refractivity (Wildman–Crippen MR) is 104 cm³/mol. The molecule has 0 aliphatic carbocycles. The smallest absolute Gasteiger partial charge is 0.234 e. The van der Waals surface area contributed by atoms with Gasteiger partial charge in [-0.3, -0.25) is 9.59 Å². The van der Waals surface area contributed by atoms with Gasteiger partial charge in [0.1, 0.15) is 5.75 Å². The topological polar surface area (TPSA) is 67.4 Å². The lowest BCUT2D eigenvalue weighted by Crippen LogP contribution is -2.18. The maximum atomic E-state index is 12.0. The maximum Gasteiger partial charge on any atom is 0.234 e. The number of halogens is 1. The van der Waals surface area contributed by atoms with Gasteiger partial charge in [-0.25, -0.2) is 0 Å². The van der Waals surface area contributed by atoms with Crippen molar-refractivity contribution in [2.45, 2.75) is 6.92 Å². The molecular formula is C18H19ClN2O3S. The van der Waals surface area contributed by atoms with Crippen molar-refractivity contribution in [3.05, 3.63) is 53.1 Å². The highest BCUT2D eigenvalue weighted by Gasteiger charge is 2.10. The Bertz CT molecular complexity index is 750. The van der Waals surface area contributed by atoms with E-state index in [1.165, 1.54) is 18.9 Å². The van der Waals surface area contributed by atoms with Gasteiger partial charge in [0, 0.05) is 10.7 Å². The molecule has 2 aromatic carbocycles. The van der Waals surface area contributed by atoms with Crippen LogP contribution in [0.3, 0.4) is 0 Å². The van der Waals surface area contributed by atoms with Gasteiger partial charge < -0.3 is 15.4 Å². The van der Waals surface area contributed by atoms with Crippen molar-refractivity contribution in [1.29, 1.82) is 0 Å². The summed E-state index contributed by atoms with van der Waals surface area (Å²) in [7, 11) is 1.52. The molecule has 0 radical (unpaired) electrons. The average molecular weight is 379 g/mol. The summed E-state index contributed by atoms with van der Waals surface area (Å²) in [6.07, 6.45) is 0. The van der Waals surface area contributed by atoms with Crippen LogP contribution in [0.5, 0.6) is 5.75 Å². The van der Waals surface area contributed by atoms with Crippen LogP contribution in [0, 0.1) is 6.92 Å². The van der Waals surface area contributed by atoms with E-state index in [0.717, 1.165) is 11.3 Å². The minimum Gasteiger partial charge on any atom is -0.495 e. The summed E-state index contributed by atoms with van der Waals surface area (Å²) in [6, 6.07) is 12.5. The summed E-state index contributed by atoms with van der Waals surface area (Å²) in [5.74, 6) is 0.487.